The lowest BCUT2D eigenvalue weighted by molar-refractivity contribution is -0.117. The van der Waals surface area contributed by atoms with Crippen LogP contribution in [0.2, 0.25) is 0 Å². The fraction of sp³-hybridized carbons (Fsp3) is 0.231. The zero-order valence-electron chi connectivity index (χ0n) is 18.2. The SMILES string of the molecule is Cc1ccccc1NC(=O)C(C)N1CCCc2c(NC(=O)c3ccc(F)cc3)cccc21. The van der Waals surface area contributed by atoms with Crippen LogP contribution in [0.3, 0.4) is 0 Å². The molecule has 4 rings (SSSR count). The van der Waals surface area contributed by atoms with E-state index in [9.17, 15) is 14.0 Å². The molecule has 32 heavy (non-hydrogen) atoms. The average molecular weight is 432 g/mol. The molecule has 0 radical (unpaired) electrons. The predicted molar refractivity (Wildman–Crippen MR) is 126 cm³/mol. The van der Waals surface area contributed by atoms with Crippen molar-refractivity contribution < 1.29 is 14.0 Å². The first-order chi connectivity index (χ1) is 15.4. The Morgan fingerprint density at radius 1 is 0.938 bits per heavy atom. The summed E-state index contributed by atoms with van der Waals surface area (Å²) in [6.07, 6.45) is 1.68. The highest BCUT2D eigenvalue weighted by Crippen LogP contribution is 2.34. The van der Waals surface area contributed by atoms with Gasteiger partial charge in [-0.25, -0.2) is 4.39 Å². The van der Waals surface area contributed by atoms with Gasteiger partial charge in [-0.05, 0) is 80.3 Å². The zero-order chi connectivity index (χ0) is 22.7. The van der Waals surface area contributed by atoms with E-state index < -0.39 is 0 Å². The number of hydrogen-bond acceptors (Lipinski definition) is 3. The maximum Gasteiger partial charge on any atom is 0.255 e. The van der Waals surface area contributed by atoms with Gasteiger partial charge in [-0.2, -0.15) is 0 Å². The number of aryl methyl sites for hydroxylation is 1. The van der Waals surface area contributed by atoms with Crippen LogP contribution in [-0.4, -0.2) is 24.4 Å². The molecule has 6 heteroatoms. The highest BCUT2D eigenvalue weighted by molar-refractivity contribution is 6.05. The van der Waals surface area contributed by atoms with Gasteiger partial charge in [0, 0.05) is 29.2 Å². The molecule has 1 atom stereocenters. The minimum Gasteiger partial charge on any atom is -0.359 e. The molecule has 2 amide bonds. The van der Waals surface area contributed by atoms with Gasteiger partial charge >= 0.3 is 0 Å². The van der Waals surface area contributed by atoms with Crippen molar-refractivity contribution in [2.75, 3.05) is 22.1 Å². The molecule has 1 unspecified atom stereocenters. The molecule has 1 aliphatic rings. The largest absolute Gasteiger partial charge is 0.359 e. The molecule has 164 valence electrons. The average Bonchev–Trinajstić information content (AvgIpc) is 2.80. The summed E-state index contributed by atoms with van der Waals surface area (Å²) in [4.78, 5) is 27.7. The Morgan fingerprint density at radius 3 is 2.41 bits per heavy atom. The van der Waals surface area contributed by atoms with Crippen LogP contribution >= 0.6 is 0 Å². The van der Waals surface area contributed by atoms with Gasteiger partial charge in [0.15, 0.2) is 0 Å². The quantitative estimate of drug-likeness (QED) is 0.586. The number of anilines is 3. The molecule has 0 fully saturated rings. The van der Waals surface area contributed by atoms with Gasteiger partial charge in [-0.3, -0.25) is 9.59 Å². The molecule has 0 aromatic heterocycles. The van der Waals surface area contributed by atoms with E-state index in [2.05, 4.69) is 15.5 Å². The Balaban J connectivity index is 1.54. The van der Waals surface area contributed by atoms with Crippen LogP contribution in [-0.2, 0) is 11.2 Å². The second-order valence-corrected chi connectivity index (χ2v) is 8.04. The standard InChI is InChI=1S/C26H26FN3O2/c1-17-7-3-4-9-22(17)28-25(31)18(2)30-16-6-8-21-23(10-5-11-24(21)30)29-26(32)19-12-14-20(27)15-13-19/h3-5,7,9-15,18H,6,8,16H2,1-2H3,(H,28,31)(H,29,32). The molecule has 3 aromatic carbocycles. The van der Waals surface area contributed by atoms with Crippen molar-refractivity contribution in [2.24, 2.45) is 0 Å². The maximum atomic E-state index is 13.2. The number of rotatable bonds is 5. The molecule has 0 saturated heterocycles. The van der Waals surface area contributed by atoms with E-state index in [1.165, 1.54) is 24.3 Å². The monoisotopic (exact) mass is 431 g/mol. The second kappa shape index (κ2) is 9.22. The third-order valence-corrected chi connectivity index (χ3v) is 5.89. The van der Waals surface area contributed by atoms with Crippen LogP contribution < -0.4 is 15.5 Å². The van der Waals surface area contributed by atoms with Gasteiger partial charge < -0.3 is 15.5 Å². The molecule has 0 saturated carbocycles. The molecule has 2 N–H and O–H groups in total. The van der Waals surface area contributed by atoms with Gasteiger partial charge in [0.2, 0.25) is 5.91 Å². The number of hydrogen-bond donors (Lipinski definition) is 2. The fourth-order valence-electron chi connectivity index (χ4n) is 4.06. The summed E-state index contributed by atoms with van der Waals surface area (Å²) in [5.41, 5.74) is 4.88. The number of halogens is 1. The number of benzene rings is 3. The highest BCUT2D eigenvalue weighted by atomic mass is 19.1. The number of fused-ring (bicyclic) bond motifs is 1. The summed E-state index contributed by atoms with van der Waals surface area (Å²) in [6.45, 7) is 4.61. The van der Waals surface area contributed by atoms with E-state index in [0.29, 0.717) is 11.3 Å². The molecule has 0 bridgehead atoms. The number of para-hydroxylation sites is 1. The summed E-state index contributed by atoms with van der Waals surface area (Å²) < 4.78 is 13.2. The third-order valence-electron chi connectivity index (χ3n) is 5.89. The minimum atomic E-state index is -0.382. The lowest BCUT2D eigenvalue weighted by atomic mass is 9.97. The van der Waals surface area contributed by atoms with Gasteiger partial charge in [0.1, 0.15) is 11.9 Å². The summed E-state index contributed by atoms with van der Waals surface area (Å²) in [6, 6.07) is 18.5. The molecule has 1 heterocycles. The first kappa shape index (κ1) is 21.6. The van der Waals surface area contributed by atoms with Gasteiger partial charge in [0.05, 0.1) is 0 Å². The van der Waals surface area contributed by atoms with E-state index in [-0.39, 0.29) is 23.7 Å². The molecule has 0 spiro atoms. The Kier molecular flexibility index (Phi) is 6.21. The highest BCUT2D eigenvalue weighted by Gasteiger charge is 2.28. The number of nitrogens with zero attached hydrogens (tertiary/aromatic N) is 1. The predicted octanol–water partition coefficient (Wildman–Crippen LogP) is 5.17. The summed E-state index contributed by atoms with van der Waals surface area (Å²) in [5, 5.41) is 5.98. The van der Waals surface area contributed by atoms with Crippen LogP contribution in [0.25, 0.3) is 0 Å². The first-order valence-electron chi connectivity index (χ1n) is 10.8. The number of carbonyl (C=O) groups is 2. The normalized spacial score (nSPS) is 13.8. The van der Waals surface area contributed by atoms with Gasteiger partial charge in [0.25, 0.3) is 5.91 Å². The fourth-order valence-corrected chi connectivity index (χ4v) is 4.06. The van der Waals surface area contributed by atoms with E-state index in [1.54, 1.807) is 0 Å². The van der Waals surface area contributed by atoms with Crippen molar-refractivity contribution in [3.05, 3.63) is 89.2 Å². The van der Waals surface area contributed by atoms with Crippen molar-refractivity contribution in [1.29, 1.82) is 0 Å². The molecular weight excluding hydrogens is 405 g/mol. The summed E-state index contributed by atoms with van der Waals surface area (Å²) in [7, 11) is 0. The van der Waals surface area contributed by atoms with Crippen molar-refractivity contribution >= 4 is 28.9 Å². The lowest BCUT2D eigenvalue weighted by Gasteiger charge is -2.36. The minimum absolute atomic E-state index is 0.0760. The number of carbonyl (C=O) groups excluding carboxylic acids is 2. The van der Waals surface area contributed by atoms with E-state index in [0.717, 1.165) is 41.9 Å². The molecule has 0 aliphatic carbocycles. The van der Waals surface area contributed by atoms with Crippen LogP contribution in [0.5, 0.6) is 0 Å². The first-order valence-corrected chi connectivity index (χ1v) is 10.8. The lowest BCUT2D eigenvalue weighted by Crippen LogP contribution is -2.45. The number of nitrogens with one attached hydrogen (secondary N) is 2. The van der Waals surface area contributed by atoms with Crippen molar-refractivity contribution in [3.8, 4) is 0 Å². The van der Waals surface area contributed by atoms with Crippen LogP contribution in [0.4, 0.5) is 21.5 Å². The van der Waals surface area contributed by atoms with Gasteiger partial charge in [-0.1, -0.05) is 24.3 Å². The summed E-state index contributed by atoms with van der Waals surface area (Å²) in [5.74, 6) is -0.749. The van der Waals surface area contributed by atoms with Crippen LogP contribution in [0.1, 0.15) is 34.8 Å². The molecular formula is C26H26FN3O2. The maximum absolute atomic E-state index is 13.2. The van der Waals surface area contributed by atoms with Crippen molar-refractivity contribution in [2.45, 2.75) is 32.7 Å². The number of amides is 2. The Hall–Kier alpha value is -3.67. The Morgan fingerprint density at radius 2 is 1.66 bits per heavy atom. The van der Waals surface area contributed by atoms with Crippen molar-refractivity contribution in [1.82, 2.24) is 0 Å². The van der Waals surface area contributed by atoms with Crippen LogP contribution in [0, 0.1) is 12.7 Å². The van der Waals surface area contributed by atoms with Crippen molar-refractivity contribution in [3.63, 3.8) is 0 Å². The van der Waals surface area contributed by atoms with E-state index >= 15 is 0 Å². The Labute approximate surface area is 187 Å². The second-order valence-electron chi connectivity index (χ2n) is 8.04. The van der Waals surface area contributed by atoms with Crippen LogP contribution in [0.15, 0.2) is 66.7 Å². The van der Waals surface area contributed by atoms with Gasteiger partial charge in [-0.15, -0.1) is 0 Å². The zero-order valence-corrected chi connectivity index (χ0v) is 18.2. The molecule has 5 nitrogen and oxygen atoms in total. The molecule has 1 aliphatic heterocycles. The summed E-state index contributed by atoms with van der Waals surface area (Å²) >= 11 is 0. The Bertz CT molecular complexity index is 1140. The smallest absolute Gasteiger partial charge is 0.255 e. The van der Waals surface area contributed by atoms with E-state index in [1.807, 2.05) is 56.3 Å². The topological polar surface area (TPSA) is 61.4 Å². The molecule has 3 aromatic rings. The third kappa shape index (κ3) is 4.49. The van der Waals surface area contributed by atoms with E-state index in [4.69, 9.17) is 0 Å².